The van der Waals surface area contributed by atoms with Crippen LogP contribution < -0.4 is 5.32 Å². The lowest BCUT2D eigenvalue weighted by atomic mass is 9.89. The molecule has 1 aromatic carbocycles. The number of hydrogen-bond donors (Lipinski definition) is 2. The van der Waals surface area contributed by atoms with Gasteiger partial charge in [-0.25, -0.2) is 4.79 Å². The molecule has 124 valence electrons. The number of aliphatic carboxylic acids is 1. The summed E-state index contributed by atoms with van der Waals surface area (Å²) in [5.74, 6) is -1.25. The molecule has 5 nitrogen and oxygen atoms in total. The topological polar surface area (TPSA) is 69.6 Å². The van der Waals surface area contributed by atoms with Gasteiger partial charge in [0.25, 0.3) is 0 Å². The summed E-state index contributed by atoms with van der Waals surface area (Å²) in [6, 6.07) is 6.25. The van der Waals surface area contributed by atoms with E-state index in [0.29, 0.717) is 19.5 Å². The van der Waals surface area contributed by atoms with Crippen molar-refractivity contribution in [3.05, 3.63) is 34.9 Å². The third kappa shape index (κ3) is 3.49. The van der Waals surface area contributed by atoms with Crippen LogP contribution in [0.25, 0.3) is 0 Å². The summed E-state index contributed by atoms with van der Waals surface area (Å²) in [6.45, 7) is 2.80. The molecule has 1 saturated heterocycles. The Labute approximate surface area is 136 Å². The SMILES string of the molecule is C[C@H](NC(=O)N1CCC(C(=O)O)C1)c1ccc2c(c1)CCCC2. The second-order valence-corrected chi connectivity index (χ2v) is 6.68. The van der Waals surface area contributed by atoms with Gasteiger partial charge in [-0.3, -0.25) is 4.79 Å². The van der Waals surface area contributed by atoms with Crippen LogP contribution in [-0.2, 0) is 17.6 Å². The smallest absolute Gasteiger partial charge is 0.317 e. The van der Waals surface area contributed by atoms with Crippen LogP contribution in [0.2, 0.25) is 0 Å². The minimum atomic E-state index is -0.817. The van der Waals surface area contributed by atoms with Gasteiger partial charge in [0.1, 0.15) is 0 Å². The minimum Gasteiger partial charge on any atom is -0.481 e. The Kier molecular flexibility index (Phi) is 4.55. The number of rotatable bonds is 3. The van der Waals surface area contributed by atoms with Crippen molar-refractivity contribution in [2.24, 2.45) is 5.92 Å². The summed E-state index contributed by atoms with van der Waals surface area (Å²) in [4.78, 5) is 24.9. The Bertz CT molecular complexity index is 614. The van der Waals surface area contributed by atoms with Crippen LogP contribution in [0.15, 0.2) is 18.2 Å². The fraction of sp³-hybridized carbons (Fsp3) is 0.556. The number of nitrogens with one attached hydrogen (secondary N) is 1. The summed E-state index contributed by atoms with van der Waals surface area (Å²) in [5.41, 5.74) is 3.96. The molecule has 2 aliphatic rings. The van der Waals surface area contributed by atoms with Gasteiger partial charge in [0.2, 0.25) is 0 Å². The molecule has 2 atom stereocenters. The second kappa shape index (κ2) is 6.60. The predicted molar refractivity (Wildman–Crippen MR) is 87.3 cm³/mol. The zero-order chi connectivity index (χ0) is 16.4. The number of carboxylic acids is 1. The summed E-state index contributed by atoms with van der Waals surface area (Å²) in [5, 5.41) is 12.0. The highest BCUT2D eigenvalue weighted by Gasteiger charge is 2.31. The largest absolute Gasteiger partial charge is 0.481 e. The number of likely N-dealkylation sites (tertiary alicyclic amines) is 1. The van der Waals surface area contributed by atoms with Crippen LogP contribution in [0.3, 0.4) is 0 Å². The molecule has 5 heteroatoms. The molecular weight excluding hydrogens is 292 g/mol. The Morgan fingerprint density at radius 2 is 2.00 bits per heavy atom. The molecule has 1 heterocycles. The van der Waals surface area contributed by atoms with Crippen molar-refractivity contribution in [3.63, 3.8) is 0 Å². The van der Waals surface area contributed by atoms with Crippen LogP contribution in [-0.4, -0.2) is 35.1 Å². The number of benzene rings is 1. The molecule has 0 saturated carbocycles. The van der Waals surface area contributed by atoms with Crippen LogP contribution in [0, 0.1) is 5.92 Å². The first-order valence-electron chi connectivity index (χ1n) is 8.44. The van der Waals surface area contributed by atoms with Gasteiger partial charge in [0.05, 0.1) is 12.0 Å². The lowest BCUT2D eigenvalue weighted by Gasteiger charge is -2.23. The maximum absolute atomic E-state index is 12.3. The molecule has 1 fully saturated rings. The molecule has 1 aliphatic heterocycles. The molecule has 0 spiro atoms. The number of carbonyl (C=O) groups is 2. The molecular formula is C18H24N2O3. The number of urea groups is 1. The number of hydrogen-bond acceptors (Lipinski definition) is 2. The van der Waals surface area contributed by atoms with Crippen molar-refractivity contribution in [2.75, 3.05) is 13.1 Å². The van der Waals surface area contributed by atoms with Gasteiger partial charge in [0.15, 0.2) is 0 Å². The number of fused-ring (bicyclic) bond motifs is 1. The molecule has 3 rings (SSSR count). The summed E-state index contributed by atoms with van der Waals surface area (Å²) in [6.07, 6.45) is 5.31. The fourth-order valence-electron chi connectivity index (χ4n) is 3.53. The maximum atomic E-state index is 12.3. The van der Waals surface area contributed by atoms with E-state index in [4.69, 9.17) is 5.11 Å². The van der Waals surface area contributed by atoms with Crippen LogP contribution >= 0.6 is 0 Å². The molecule has 23 heavy (non-hydrogen) atoms. The van der Waals surface area contributed by atoms with Gasteiger partial charge in [-0.05, 0) is 55.7 Å². The first kappa shape index (κ1) is 15.8. The van der Waals surface area contributed by atoms with Gasteiger partial charge >= 0.3 is 12.0 Å². The predicted octanol–water partition coefficient (Wildman–Crippen LogP) is 2.74. The first-order valence-corrected chi connectivity index (χ1v) is 8.44. The third-order valence-corrected chi connectivity index (χ3v) is 5.04. The fourth-order valence-corrected chi connectivity index (χ4v) is 3.53. The van der Waals surface area contributed by atoms with Crippen molar-refractivity contribution in [1.82, 2.24) is 10.2 Å². The van der Waals surface area contributed by atoms with Gasteiger partial charge in [-0.2, -0.15) is 0 Å². The van der Waals surface area contributed by atoms with E-state index in [1.165, 1.54) is 24.0 Å². The van der Waals surface area contributed by atoms with Crippen LogP contribution in [0.5, 0.6) is 0 Å². The number of carboxylic acid groups (broad SMARTS) is 1. The number of carbonyl (C=O) groups excluding carboxylic acids is 1. The molecule has 0 aromatic heterocycles. The molecule has 2 N–H and O–H groups in total. The minimum absolute atomic E-state index is 0.0707. The van der Waals surface area contributed by atoms with E-state index in [-0.39, 0.29) is 12.1 Å². The molecule has 0 radical (unpaired) electrons. The number of amides is 2. The van der Waals surface area contributed by atoms with E-state index in [9.17, 15) is 9.59 Å². The first-order chi connectivity index (χ1) is 11.0. The van der Waals surface area contributed by atoms with E-state index in [2.05, 4.69) is 23.5 Å². The zero-order valence-corrected chi connectivity index (χ0v) is 13.5. The molecule has 1 unspecified atom stereocenters. The quantitative estimate of drug-likeness (QED) is 0.901. The van der Waals surface area contributed by atoms with Gasteiger partial charge < -0.3 is 15.3 Å². The summed E-state index contributed by atoms with van der Waals surface area (Å²) in [7, 11) is 0. The Balaban J connectivity index is 1.61. The lowest BCUT2D eigenvalue weighted by Crippen LogP contribution is -2.40. The van der Waals surface area contributed by atoms with Gasteiger partial charge in [-0.1, -0.05) is 18.2 Å². The number of aryl methyl sites for hydroxylation is 2. The van der Waals surface area contributed by atoms with Crippen LogP contribution in [0.1, 0.15) is 48.9 Å². The van der Waals surface area contributed by atoms with E-state index in [1.807, 2.05) is 6.92 Å². The van der Waals surface area contributed by atoms with Crippen molar-refractivity contribution in [2.45, 2.75) is 45.1 Å². The lowest BCUT2D eigenvalue weighted by molar-refractivity contribution is -0.141. The molecule has 2 amide bonds. The summed E-state index contributed by atoms with van der Waals surface area (Å²) >= 11 is 0. The Morgan fingerprint density at radius 1 is 1.26 bits per heavy atom. The van der Waals surface area contributed by atoms with E-state index >= 15 is 0 Å². The van der Waals surface area contributed by atoms with Gasteiger partial charge in [0, 0.05) is 13.1 Å². The average molecular weight is 316 g/mol. The molecule has 1 aliphatic carbocycles. The van der Waals surface area contributed by atoms with Crippen molar-refractivity contribution in [3.8, 4) is 0 Å². The molecule has 1 aromatic rings. The standard InChI is InChI=1S/C18H24N2O3/c1-12(14-7-6-13-4-2-3-5-15(13)10-14)19-18(23)20-9-8-16(11-20)17(21)22/h6-7,10,12,16H,2-5,8-9,11H2,1H3,(H,19,23)(H,21,22)/t12-,16?/m0/s1. The highest BCUT2D eigenvalue weighted by Crippen LogP contribution is 2.25. The Morgan fingerprint density at radius 3 is 2.70 bits per heavy atom. The monoisotopic (exact) mass is 316 g/mol. The van der Waals surface area contributed by atoms with E-state index in [0.717, 1.165) is 18.4 Å². The Hall–Kier alpha value is -2.04. The summed E-state index contributed by atoms with van der Waals surface area (Å²) < 4.78 is 0. The second-order valence-electron chi connectivity index (χ2n) is 6.68. The van der Waals surface area contributed by atoms with Crippen molar-refractivity contribution >= 4 is 12.0 Å². The van der Waals surface area contributed by atoms with Crippen molar-refractivity contribution < 1.29 is 14.7 Å². The van der Waals surface area contributed by atoms with Gasteiger partial charge in [-0.15, -0.1) is 0 Å². The highest BCUT2D eigenvalue weighted by molar-refractivity contribution is 5.77. The highest BCUT2D eigenvalue weighted by atomic mass is 16.4. The zero-order valence-electron chi connectivity index (χ0n) is 13.5. The van der Waals surface area contributed by atoms with E-state index < -0.39 is 11.9 Å². The molecule has 0 bridgehead atoms. The maximum Gasteiger partial charge on any atom is 0.317 e. The van der Waals surface area contributed by atoms with E-state index in [1.54, 1.807) is 4.90 Å². The third-order valence-electron chi connectivity index (χ3n) is 5.04. The average Bonchev–Trinajstić information content (AvgIpc) is 3.04. The normalized spacial score (nSPS) is 21.6. The van der Waals surface area contributed by atoms with Crippen molar-refractivity contribution in [1.29, 1.82) is 0 Å². The van der Waals surface area contributed by atoms with Crippen LogP contribution in [0.4, 0.5) is 4.79 Å². The number of nitrogens with zero attached hydrogens (tertiary/aromatic N) is 1.